The van der Waals surface area contributed by atoms with E-state index in [0.29, 0.717) is 35.5 Å². The number of amides is 1. The summed E-state index contributed by atoms with van der Waals surface area (Å²) in [5, 5.41) is 0. The van der Waals surface area contributed by atoms with Crippen LogP contribution in [0.4, 0.5) is 0 Å². The van der Waals surface area contributed by atoms with Gasteiger partial charge >= 0.3 is 0 Å². The second-order valence-corrected chi connectivity index (χ2v) is 10.8. The third-order valence-electron chi connectivity index (χ3n) is 9.56. The highest BCUT2D eigenvalue weighted by Crippen LogP contribution is 2.66. The Bertz CT molecular complexity index is 786. The Morgan fingerprint density at radius 1 is 1.14 bits per heavy atom. The van der Waals surface area contributed by atoms with Crippen LogP contribution >= 0.6 is 0 Å². The van der Waals surface area contributed by atoms with E-state index < -0.39 is 0 Å². The predicted octanol–water partition coefficient (Wildman–Crippen LogP) is 4.33. The van der Waals surface area contributed by atoms with Crippen molar-refractivity contribution in [1.82, 2.24) is 14.9 Å². The third kappa shape index (κ3) is 2.75. The van der Waals surface area contributed by atoms with Gasteiger partial charge in [0.05, 0.1) is 12.2 Å². The van der Waals surface area contributed by atoms with Crippen LogP contribution in [0.5, 0.6) is 5.88 Å². The number of nitrogens with zero attached hydrogens (tertiary/aromatic N) is 3. The number of likely N-dealkylation sites (N-methyl/N-ethyl adjacent to an activating group) is 1. The molecule has 1 amide bonds. The molecule has 5 heteroatoms. The molecule has 5 rings (SSSR count). The lowest BCUT2D eigenvalue weighted by Crippen LogP contribution is -2.69. The number of carbonyl (C=O) groups excluding carboxylic acids is 1. The second-order valence-electron chi connectivity index (χ2n) is 10.8. The van der Waals surface area contributed by atoms with Crippen LogP contribution in [0.25, 0.3) is 0 Å². The van der Waals surface area contributed by atoms with Crippen LogP contribution in [0.2, 0.25) is 0 Å². The van der Waals surface area contributed by atoms with Crippen LogP contribution in [-0.4, -0.2) is 40.0 Å². The first-order chi connectivity index (χ1) is 13.8. The largest absolute Gasteiger partial charge is 0.471 e. The van der Waals surface area contributed by atoms with E-state index in [4.69, 9.17) is 4.74 Å². The van der Waals surface area contributed by atoms with Crippen molar-refractivity contribution in [3.05, 3.63) is 18.6 Å². The Morgan fingerprint density at radius 3 is 2.72 bits per heavy atom. The lowest BCUT2D eigenvalue weighted by atomic mass is 9.44. The van der Waals surface area contributed by atoms with Gasteiger partial charge in [-0.2, -0.15) is 0 Å². The number of hydrogen-bond donors (Lipinski definition) is 0. The van der Waals surface area contributed by atoms with Gasteiger partial charge in [-0.1, -0.05) is 27.2 Å². The summed E-state index contributed by atoms with van der Waals surface area (Å²) in [4.78, 5) is 23.4. The molecule has 0 bridgehead atoms. The van der Waals surface area contributed by atoms with E-state index in [0.717, 1.165) is 12.3 Å². The Hall–Kier alpha value is -1.65. The number of aromatic nitrogens is 2. The van der Waals surface area contributed by atoms with Gasteiger partial charge < -0.3 is 9.64 Å². The van der Waals surface area contributed by atoms with E-state index in [1.54, 1.807) is 18.6 Å². The molecule has 158 valence electrons. The first kappa shape index (κ1) is 19.3. The SMILES string of the molecule is CC1C(Oc2cnccn2)C2N(C)C(=O)CC[C@]2(C)[C@@H]2CC[C@]3(C)CCC[C@H]3[C@H]12. The summed E-state index contributed by atoms with van der Waals surface area (Å²) >= 11 is 0. The summed E-state index contributed by atoms with van der Waals surface area (Å²) in [6, 6.07) is 0.104. The van der Waals surface area contributed by atoms with E-state index in [9.17, 15) is 4.79 Å². The fourth-order valence-electron chi connectivity index (χ4n) is 8.15. The number of hydrogen-bond acceptors (Lipinski definition) is 4. The van der Waals surface area contributed by atoms with Crippen LogP contribution in [0.1, 0.15) is 65.7 Å². The maximum absolute atomic E-state index is 12.7. The molecule has 0 spiro atoms. The Morgan fingerprint density at radius 2 is 1.97 bits per heavy atom. The average molecular weight is 398 g/mol. The maximum Gasteiger partial charge on any atom is 0.232 e. The minimum absolute atomic E-state index is 0.0323. The number of piperidine rings is 1. The van der Waals surface area contributed by atoms with Gasteiger partial charge in [0.15, 0.2) is 0 Å². The molecule has 1 saturated heterocycles. The Balaban J connectivity index is 1.58. The smallest absolute Gasteiger partial charge is 0.232 e. The lowest BCUT2D eigenvalue weighted by molar-refractivity contribution is -0.191. The van der Waals surface area contributed by atoms with Gasteiger partial charge in [0.25, 0.3) is 0 Å². The molecule has 5 nitrogen and oxygen atoms in total. The normalized spacial score (nSPS) is 46.6. The minimum atomic E-state index is -0.0323. The molecule has 4 fully saturated rings. The fraction of sp³-hybridized carbons (Fsp3) is 0.792. The van der Waals surface area contributed by atoms with E-state index in [2.05, 4.69) is 30.7 Å². The lowest BCUT2D eigenvalue weighted by Gasteiger charge is -2.65. The molecule has 3 unspecified atom stereocenters. The zero-order valence-electron chi connectivity index (χ0n) is 18.3. The quantitative estimate of drug-likeness (QED) is 0.745. The van der Waals surface area contributed by atoms with Gasteiger partial charge in [0, 0.05) is 25.9 Å². The standard InChI is InChI=1S/C24H35N3O2/c1-15-20-16-6-5-9-23(16,2)10-7-17(20)24(3)11-8-19(28)27(4)22(24)21(15)29-18-14-25-12-13-26-18/h12-17,20-22H,5-11H2,1-4H3/t15?,16-,17+,20-,21?,22?,23-,24+/m0/s1. The highest BCUT2D eigenvalue weighted by Gasteiger charge is 2.64. The highest BCUT2D eigenvalue weighted by atomic mass is 16.5. The summed E-state index contributed by atoms with van der Waals surface area (Å²) in [5.41, 5.74) is 0.600. The second kappa shape index (κ2) is 6.68. The third-order valence-corrected chi connectivity index (χ3v) is 9.56. The van der Waals surface area contributed by atoms with Crippen molar-refractivity contribution >= 4 is 5.91 Å². The van der Waals surface area contributed by atoms with Crippen molar-refractivity contribution in [2.75, 3.05) is 7.05 Å². The predicted molar refractivity (Wildman–Crippen MR) is 111 cm³/mol. The molecule has 29 heavy (non-hydrogen) atoms. The van der Waals surface area contributed by atoms with Gasteiger partial charge in [-0.15, -0.1) is 0 Å². The Kier molecular flexibility index (Phi) is 4.45. The average Bonchev–Trinajstić information content (AvgIpc) is 3.11. The van der Waals surface area contributed by atoms with Gasteiger partial charge in [-0.25, -0.2) is 4.98 Å². The summed E-state index contributed by atoms with van der Waals surface area (Å²) < 4.78 is 6.58. The molecule has 8 atom stereocenters. The van der Waals surface area contributed by atoms with Gasteiger partial charge in [-0.3, -0.25) is 9.78 Å². The summed E-state index contributed by atoms with van der Waals surface area (Å²) in [7, 11) is 1.99. The summed E-state index contributed by atoms with van der Waals surface area (Å²) in [6.45, 7) is 7.38. The molecule has 0 aromatic carbocycles. The number of ether oxygens (including phenoxy) is 1. The highest BCUT2D eigenvalue weighted by molar-refractivity contribution is 5.77. The van der Waals surface area contributed by atoms with Crippen LogP contribution in [-0.2, 0) is 4.79 Å². The van der Waals surface area contributed by atoms with Crippen molar-refractivity contribution in [2.24, 2.45) is 34.5 Å². The Labute approximate surface area is 174 Å². The van der Waals surface area contributed by atoms with Crippen LogP contribution in [0.15, 0.2) is 18.6 Å². The van der Waals surface area contributed by atoms with Crippen LogP contribution in [0, 0.1) is 34.5 Å². The molecule has 4 aliphatic rings. The van der Waals surface area contributed by atoms with E-state index >= 15 is 0 Å². The van der Waals surface area contributed by atoms with Gasteiger partial charge in [0.1, 0.15) is 6.10 Å². The molecule has 3 aliphatic carbocycles. The molecule has 2 heterocycles. The summed E-state index contributed by atoms with van der Waals surface area (Å²) in [5.74, 6) is 3.37. The minimum Gasteiger partial charge on any atom is -0.471 e. The first-order valence-electron chi connectivity index (χ1n) is 11.5. The van der Waals surface area contributed by atoms with Gasteiger partial charge in [0.2, 0.25) is 11.8 Å². The molecule has 0 N–H and O–H groups in total. The molecule has 0 radical (unpaired) electrons. The van der Waals surface area contributed by atoms with Crippen molar-refractivity contribution in [3.8, 4) is 5.88 Å². The summed E-state index contributed by atoms with van der Waals surface area (Å²) in [6.07, 6.45) is 13.4. The molecular formula is C24H35N3O2. The van der Waals surface area contributed by atoms with Crippen molar-refractivity contribution in [1.29, 1.82) is 0 Å². The molecule has 1 aromatic rings. The van der Waals surface area contributed by atoms with E-state index in [1.165, 1.54) is 32.1 Å². The number of carbonyl (C=O) groups is 1. The molecule has 3 saturated carbocycles. The van der Waals surface area contributed by atoms with Gasteiger partial charge in [-0.05, 0) is 66.6 Å². The van der Waals surface area contributed by atoms with Crippen molar-refractivity contribution in [2.45, 2.75) is 77.9 Å². The zero-order chi connectivity index (χ0) is 20.4. The topological polar surface area (TPSA) is 55.3 Å². The number of likely N-dealkylation sites (tertiary alicyclic amines) is 1. The monoisotopic (exact) mass is 397 g/mol. The molecular weight excluding hydrogens is 362 g/mol. The molecule has 1 aliphatic heterocycles. The van der Waals surface area contributed by atoms with Crippen LogP contribution in [0.3, 0.4) is 0 Å². The number of rotatable bonds is 2. The molecule has 1 aromatic heterocycles. The van der Waals surface area contributed by atoms with E-state index in [1.807, 2.05) is 11.9 Å². The fourth-order valence-corrected chi connectivity index (χ4v) is 8.15. The first-order valence-corrected chi connectivity index (χ1v) is 11.5. The van der Waals surface area contributed by atoms with Crippen LogP contribution < -0.4 is 4.74 Å². The zero-order valence-corrected chi connectivity index (χ0v) is 18.3. The maximum atomic E-state index is 12.7. The van der Waals surface area contributed by atoms with E-state index in [-0.39, 0.29) is 23.5 Å². The van der Waals surface area contributed by atoms with Crippen molar-refractivity contribution < 1.29 is 9.53 Å². The number of fused-ring (bicyclic) bond motifs is 5. The van der Waals surface area contributed by atoms with Crippen molar-refractivity contribution in [3.63, 3.8) is 0 Å².